The molecule has 2 aromatic rings. The summed E-state index contributed by atoms with van der Waals surface area (Å²) in [6.45, 7) is 0. The summed E-state index contributed by atoms with van der Waals surface area (Å²) in [5, 5.41) is 22.4. The fraction of sp³-hybridized carbons (Fsp3) is 0.667. The largest absolute Gasteiger partial charge is 0.496 e. The van der Waals surface area contributed by atoms with Crippen LogP contribution >= 0.6 is 0 Å². The molecule has 0 spiro atoms. The van der Waals surface area contributed by atoms with Crippen LogP contribution in [0.2, 0.25) is 0 Å². The average Bonchev–Trinajstić information content (AvgIpc) is 3.93. The molecule has 20 unspecified atom stereocenters. The molecule has 0 amide bonds. The number of methoxy groups -OCH3 is 2. The van der Waals surface area contributed by atoms with Crippen LogP contribution in [0.4, 0.5) is 0 Å². The summed E-state index contributed by atoms with van der Waals surface area (Å²) in [7, 11) is 3.81. The van der Waals surface area contributed by atoms with E-state index in [0.29, 0.717) is 35.5 Å². The Morgan fingerprint density at radius 1 is 0.522 bits per heavy atom. The van der Waals surface area contributed by atoms with Gasteiger partial charge < -0.3 is 9.47 Å². The highest BCUT2D eigenvalue weighted by Crippen LogP contribution is 2.86. The van der Waals surface area contributed by atoms with E-state index in [-0.39, 0.29) is 0 Å². The molecular weight excluding hydrogens is 564 g/mol. The molecule has 0 aliphatic heterocycles. The molecule has 232 valence electrons. The van der Waals surface area contributed by atoms with E-state index in [4.69, 9.17) is 9.47 Å². The maximum absolute atomic E-state index is 9.98. The van der Waals surface area contributed by atoms with E-state index in [9.17, 15) is 10.5 Å². The van der Waals surface area contributed by atoms with Gasteiger partial charge in [-0.1, -0.05) is 24.3 Å². The number of benzene rings is 2. The van der Waals surface area contributed by atoms with Crippen molar-refractivity contribution in [1.82, 2.24) is 0 Å². The van der Waals surface area contributed by atoms with Gasteiger partial charge in [0.2, 0.25) is 0 Å². The fourth-order valence-electron chi connectivity index (χ4n) is 18.7. The first-order valence-electron chi connectivity index (χ1n) is 18.9. The van der Waals surface area contributed by atoms with Crippen molar-refractivity contribution in [3.8, 4) is 23.6 Å². The summed E-state index contributed by atoms with van der Waals surface area (Å²) in [6, 6.07) is 13.9. The monoisotopic (exact) mass is 606 g/mol. The van der Waals surface area contributed by atoms with Crippen LogP contribution in [0.25, 0.3) is 10.8 Å². The van der Waals surface area contributed by atoms with Crippen LogP contribution in [0.3, 0.4) is 0 Å². The van der Waals surface area contributed by atoms with Crippen molar-refractivity contribution in [1.29, 1.82) is 10.5 Å². The predicted octanol–water partition coefficient (Wildman–Crippen LogP) is 7.95. The number of hydrogen-bond donors (Lipinski definition) is 0. The average molecular weight is 607 g/mol. The topological polar surface area (TPSA) is 66.0 Å². The van der Waals surface area contributed by atoms with E-state index in [1.54, 1.807) is 11.1 Å². The molecular formula is C42H42N2O2. The molecule has 9 fully saturated rings. The minimum absolute atomic E-state index is 0.444. The van der Waals surface area contributed by atoms with Gasteiger partial charge in [-0.25, -0.2) is 0 Å². The first-order valence-corrected chi connectivity index (χ1v) is 18.9. The standard InChI is InChI=1S/C42H42N2O2/c1-45-41-15-5-3-4-6-16(15)42(46-2)40-18-8-7-17(39(40)41)29-19-9-20(30(18)29)32-22-10-21(31(19)32)33-23-11-24(34(22)33)36-26-12-25(35(23)36)37-27(13-43)28(14-44)38(26)37/h3-6,17-26,29-38H,7-12H2,1-2H3. The molecule has 20 atom stereocenters. The van der Waals surface area contributed by atoms with Gasteiger partial charge >= 0.3 is 0 Å². The second-order valence-corrected chi connectivity index (χ2v) is 18.2. The minimum Gasteiger partial charge on any atom is -0.496 e. The molecule has 0 saturated heterocycles. The van der Waals surface area contributed by atoms with Crippen molar-refractivity contribution >= 4 is 10.8 Å². The molecule has 9 saturated carbocycles. The Morgan fingerprint density at radius 3 is 1.24 bits per heavy atom. The summed E-state index contributed by atoms with van der Waals surface area (Å²) in [4.78, 5) is 0. The second-order valence-electron chi connectivity index (χ2n) is 18.2. The van der Waals surface area contributed by atoms with Crippen molar-refractivity contribution < 1.29 is 9.47 Å². The molecule has 4 nitrogen and oxygen atoms in total. The molecule has 12 aliphatic rings. The summed E-state index contributed by atoms with van der Waals surface area (Å²) in [6.07, 6.45) is 8.52. The first-order chi connectivity index (χ1) is 22.7. The van der Waals surface area contributed by atoms with E-state index in [0.717, 1.165) is 105 Å². The zero-order chi connectivity index (χ0) is 30.1. The molecule has 46 heavy (non-hydrogen) atoms. The van der Waals surface area contributed by atoms with Gasteiger partial charge in [0, 0.05) is 44.9 Å². The Hall–Kier alpha value is -2.98. The summed E-state index contributed by atoms with van der Waals surface area (Å²) < 4.78 is 12.7. The summed E-state index contributed by atoms with van der Waals surface area (Å²) >= 11 is 0. The van der Waals surface area contributed by atoms with Gasteiger partial charge in [-0.3, -0.25) is 0 Å². The Kier molecular flexibility index (Phi) is 4.27. The number of allylic oxidation sites excluding steroid dienone is 2. The van der Waals surface area contributed by atoms with Crippen LogP contribution in [0.5, 0.6) is 11.5 Å². The normalized spacial score (nSPS) is 55.4. The van der Waals surface area contributed by atoms with E-state index in [2.05, 4.69) is 36.4 Å². The van der Waals surface area contributed by atoms with Crippen LogP contribution in [0, 0.1) is 129 Å². The highest BCUT2D eigenvalue weighted by Gasteiger charge is 2.80. The molecule has 14 rings (SSSR count). The van der Waals surface area contributed by atoms with Crippen LogP contribution in [0.1, 0.15) is 61.5 Å². The highest BCUT2D eigenvalue weighted by molar-refractivity contribution is 5.97. The molecule has 12 aliphatic carbocycles. The molecule has 10 bridgehead atoms. The van der Waals surface area contributed by atoms with Gasteiger partial charge in [0.1, 0.15) is 11.5 Å². The molecule has 0 heterocycles. The maximum atomic E-state index is 9.98. The lowest BCUT2D eigenvalue weighted by Crippen LogP contribution is -2.54. The van der Waals surface area contributed by atoms with Crippen LogP contribution in [-0.4, -0.2) is 14.2 Å². The molecule has 0 N–H and O–H groups in total. The molecule has 0 radical (unpaired) electrons. The maximum Gasteiger partial charge on any atom is 0.130 e. The third kappa shape index (κ3) is 2.30. The second kappa shape index (κ2) is 7.83. The van der Waals surface area contributed by atoms with E-state index < -0.39 is 0 Å². The smallest absolute Gasteiger partial charge is 0.130 e. The predicted molar refractivity (Wildman–Crippen MR) is 171 cm³/mol. The van der Waals surface area contributed by atoms with E-state index in [1.165, 1.54) is 49.3 Å². The van der Waals surface area contributed by atoms with Gasteiger partial charge in [0.05, 0.1) is 26.4 Å². The van der Waals surface area contributed by atoms with Gasteiger partial charge in [-0.2, -0.15) is 10.5 Å². The molecule has 0 aromatic heterocycles. The lowest BCUT2D eigenvalue weighted by molar-refractivity contribution is -0.0771. The summed E-state index contributed by atoms with van der Waals surface area (Å²) in [5.74, 6) is 18.8. The van der Waals surface area contributed by atoms with Crippen LogP contribution in [-0.2, 0) is 0 Å². The fourth-order valence-corrected chi connectivity index (χ4v) is 18.7. The van der Waals surface area contributed by atoms with Gasteiger partial charge in [0.15, 0.2) is 0 Å². The minimum atomic E-state index is 0.444. The number of fused-ring (bicyclic) bond motifs is 28. The highest BCUT2D eigenvalue weighted by atomic mass is 16.5. The zero-order valence-corrected chi connectivity index (χ0v) is 26.8. The number of nitriles is 2. The van der Waals surface area contributed by atoms with E-state index in [1.807, 2.05) is 14.2 Å². The Bertz CT molecular complexity index is 1800. The van der Waals surface area contributed by atoms with Gasteiger partial charge in [-0.15, -0.1) is 0 Å². The Labute approximate surface area is 271 Å². The third-order valence-corrected chi connectivity index (χ3v) is 18.4. The molecule has 4 heteroatoms. The Balaban J connectivity index is 0.899. The Morgan fingerprint density at radius 2 is 0.870 bits per heavy atom. The van der Waals surface area contributed by atoms with Crippen LogP contribution in [0.15, 0.2) is 35.4 Å². The first kappa shape index (κ1) is 25.1. The molecule has 2 aromatic carbocycles. The van der Waals surface area contributed by atoms with Gasteiger partial charge in [-0.05, 0) is 145 Å². The quantitative estimate of drug-likeness (QED) is 0.326. The lowest BCUT2D eigenvalue weighted by atomic mass is 9.45. The van der Waals surface area contributed by atoms with Crippen molar-refractivity contribution in [2.45, 2.75) is 50.4 Å². The number of ether oxygens (including phenoxy) is 2. The zero-order valence-electron chi connectivity index (χ0n) is 26.8. The van der Waals surface area contributed by atoms with Crippen molar-refractivity contribution in [2.75, 3.05) is 14.2 Å². The van der Waals surface area contributed by atoms with Crippen molar-refractivity contribution in [3.63, 3.8) is 0 Å². The SMILES string of the molecule is COc1c2c(c(OC)c3ccccc13)C1CCC2C2C3CC(C12)C1C2CC(C31)C1C3CC(C4C5CC(C6C(C#N)=C(C#N)C56)C34)C21. The van der Waals surface area contributed by atoms with Crippen LogP contribution < -0.4 is 9.47 Å². The van der Waals surface area contributed by atoms with E-state index >= 15 is 0 Å². The number of rotatable bonds is 2. The number of hydrogen-bond acceptors (Lipinski definition) is 4. The van der Waals surface area contributed by atoms with Gasteiger partial charge in [0.25, 0.3) is 0 Å². The van der Waals surface area contributed by atoms with Crippen molar-refractivity contribution in [2.24, 2.45) is 107 Å². The summed E-state index contributed by atoms with van der Waals surface area (Å²) in [5.41, 5.74) is 4.88. The lowest BCUT2D eigenvalue weighted by Gasteiger charge is -2.59. The van der Waals surface area contributed by atoms with Crippen molar-refractivity contribution in [3.05, 3.63) is 46.5 Å². The third-order valence-electron chi connectivity index (χ3n) is 18.4. The number of nitrogens with zero attached hydrogens (tertiary/aromatic N) is 2.